The first-order valence-corrected chi connectivity index (χ1v) is 10.6. The third-order valence-corrected chi connectivity index (χ3v) is 4.89. The molecule has 0 unspecified atom stereocenters. The Hall–Kier alpha value is -1.75. The van der Waals surface area contributed by atoms with Crippen LogP contribution in [0.2, 0.25) is 0 Å². The molecule has 4 nitrogen and oxygen atoms in total. The van der Waals surface area contributed by atoms with Crippen LogP contribution in [0.3, 0.4) is 0 Å². The minimum Gasteiger partial charge on any atom is -0.494 e. The van der Waals surface area contributed by atoms with Crippen LogP contribution in [0, 0.1) is 0 Å². The van der Waals surface area contributed by atoms with Crippen LogP contribution in [0.1, 0.15) is 26.7 Å². The summed E-state index contributed by atoms with van der Waals surface area (Å²) in [6, 6.07) is 20.1. The number of rotatable bonds is 15. The molecule has 0 fully saturated rings. The van der Waals surface area contributed by atoms with E-state index in [9.17, 15) is 0 Å². The Morgan fingerprint density at radius 2 is 0.966 bits per heavy atom. The molecule has 162 valence electrons. The molecule has 0 bridgehead atoms. The highest BCUT2D eigenvalue weighted by atomic mass is 35.5. The van der Waals surface area contributed by atoms with Crippen LogP contribution in [0.4, 0.5) is 0 Å². The van der Waals surface area contributed by atoms with Gasteiger partial charge in [-0.05, 0) is 50.2 Å². The van der Waals surface area contributed by atoms with Gasteiger partial charge >= 0.3 is 0 Å². The highest BCUT2D eigenvalue weighted by Crippen LogP contribution is 2.09. The summed E-state index contributed by atoms with van der Waals surface area (Å²) in [5.41, 5.74) is 0. The van der Waals surface area contributed by atoms with Crippen LogP contribution < -0.4 is 9.47 Å². The minimum atomic E-state index is 0. The van der Waals surface area contributed by atoms with E-state index in [0.29, 0.717) is 0 Å². The number of benzene rings is 2. The maximum atomic E-state index is 5.80. The molecule has 0 saturated heterocycles. The van der Waals surface area contributed by atoms with Gasteiger partial charge in [0.1, 0.15) is 11.5 Å². The van der Waals surface area contributed by atoms with E-state index in [1.165, 1.54) is 0 Å². The van der Waals surface area contributed by atoms with Gasteiger partial charge in [0.25, 0.3) is 0 Å². The fraction of sp³-hybridized carbons (Fsp3) is 0.500. The molecule has 2 rings (SSSR count). The van der Waals surface area contributed by atoms with E-state index in [1.807, 2.05) is 60.7 Å². The topological polar surface area (TPSA) is 24.9 Å². The van der Waals surface area contributed by atoms with E-state index < -0.39 is 0 Å². The number of para-hydroxylation sites is 2. The second kappa shape index (κ2) is 16.1. The number of hydrogen-bond donors (Lipinski definition) is 0. The largest absolute Gasteiger partial charge is 0.494 e. The zero-order chi connectivity index (χ0) is 19.9. The zero-order valence-electron chi connectivity index (χ0n) is 18.0. The molecule has 0 saturated carbocycles. The molecule has 0 radical (unpaired) electrons. The fourth-order valence-electron chi connectivity index (χ4n) is 3.13. The van der Waals surface area contributed by atoms with Crippen molar-refractivity contribution in [2.45, 2.75) is 26.7 Å². The molecule has 0 atom stereocenters. The Bertz CT molecular complexity index is 557. The number of nitrogens with zero attached hydrogens (tertiary/aromatic N) is 2. The highest BCUT2D eigenvalue weighted by Gasteiger charge is 2.07. The third-order valence-electron chi connectivity index (χ3n) is 4.89. The standard InChI is InChI=1S/C24H36N2O2.ClH/c1-3-25(17-11-21-27-23-13-7-5-8-14-23)19-20-26(4-2)18-12-22-28-24-15-9-6-10-16-24;/h5-10,13-16H,3-4,11-12,17-22H2,1-2H3;1H. The molecule has 0 aliphatic heterocycles. The summed E-state index contributed by atoms with van der Waals surface area (Å²) < 4.78 is 11.6. The van der Waals surface area contributed by atoms with Crippen LogP contribution in [-0.4, -0.2) is 62.3 Å². The SMILES string of the molecule is CCN(CCCOc1ccccc1)CCN(CC)CCCOc1ccccc1.Cl. The zero-order valence-corrected chi connectivity index (χ0v) is 18.8. The molecule has 5 heteroatoms. The monoisotopic (exact) mass is 420 g/mol. The predicted octanol–water partition coefficient (Wildman–Crippen LogP) is 4.99. The second-order valence-corrected chi connectivity index (χ2v) is 6.90. The normalized spacial score (nSPS) is 10.8. The first-order chi connectivity index (χ1) is 13.8. The van der Waals surface area contributed by atoms with Crippen molar-refractivity contribution in [2.24, 2.45) is 0 Å². The van der Waals surface area contributed by atoms with Gasteiger partial charge in [0.2, 0.25) is 0 Å². The summed E-state index contributed by atoms with van der Waals surface area (Å²) in [5.74, 6) is 1.92. The van der Waals surface area contributed by atoms with Crippen molar-refractivity contribution in [3.8, 4) is 11.5 Å². The average Bonchev–Trinajstić information content (AvgIpc) is 2.76. The van der Waals surface area contributed by atoms with E-state index in [1.54, 1.807) is 0 Å². The van der Waals surface area contributed by atoms with E-state index in [0.717, 1.165) is 76.8 Å². The summed E-state index contributed by atoms with van der Waals surface area (Å²) in [6.45, 7) is 12.6. The molecule has 2 aromatic rings. The minimum absolute atomic E-state index is 0. The predicted molar refractivity (Wildman–Crippen MR) is 125 cm³/mol. The average molecular weight is 421 g/mol. The fourth-order valence-corrected chi connectivity index (χ4v) is 3.13. The van der Waals surface area contributed by atoms with Crippen molar-refractivity contribution in [2.75, 3.05) is 52.5 Å². The molecule has 0 N–H and O–H groups in total. The first kappa shape index (κ1) is 25.3. The smallest absolute Gasteiger partial charge is 0.119 e. The first-order valence-electron chi connectivity index (χ1n) is 10.6. The maximum absolute atomic E-state index is 5.80. The molecule has 0 amide bonds. The molecule has 2 aromatic carbocycles. The van der Waals surface area contributed by atoms with Gasteiger partial charge in [0.15, 0.2) is 0 Å². The van der Waals surface area contributed by atoms with Crippen molar-refractivity contribution in [1.29, 1.82) is 0 Å². The van der Waals surface area contributed by atoms with Gasteiger partial charge in [0, 0.05) is 26.2 Å². The Balaban J connectivity index is 0.00000420. The van der Waals surface area contributed by atoms with E-state index >= 15 is 0 Å². The molecule has 0 aliphatic rings. The summed E-state index contributed by atoms with van der Waals surface area (Å²) >= 11 is 0. The van der Waals surface area contributed by atoms with Gasteiger partial charge in [-0.3, -0.25) is 0 Å². The number of hydrogen-bond acceptors (Lipinski definition) is 4. The Morgan fingerprint density at radius 3 is 1.31 bits per heavy atom. The number of likely N-dealkylation sites (N-methyl/N-ethyl adjacent to an activating group) is 2. The Kier molecular flexibility index (Phi) is 14.0. The van der Waals surface area contributed by atoms with Gasteiger partial charge in [-0.15, -0.1) is 12.4 Å². The van der Waals surface area contributed by atoms with Gasteiger partial charge in [-0.25, -0.2) is 0 Å². The van der Waals surface area contributed by atoms with Crippen LogP contribution in [-0.2, 0) is 0 Å². The lowest BCUT2D eigenvalue weighted by molar-refractivity contribution is 0.190. The maximum Gasteiger partial charge on any atom is 0.119 e. The summed E-state index contributed by atoms with van der Waals surface area (Å²) in [7, 11) is 0. The van der Waals surface area contributed by atoms with Crippen molar-refractivity contribution in [3.05, 3.63) is 60.7 Å². The lowest BCUT2D eigenvalue weighted by atomic mass is 10.3. The number of halogens is 1. The molecular weight excluding hydrogens is 384 g/mol. The lowest BCUT2D eigenvalue weighted by Gasteiger charge is -2.26. The molecule has 0 heterocycles. The molecule has 0 spiro atoms. The summed E-state index contributed by atoms with van der Waals surface area (Å²) in [6.07, 6.45) is 2.11. The Morgan fingerprint density at radius 1 is 0.586 bits per heavy atom. The molecule has 0 aliphatic carbocycles. The van der Waals surface area contributed by atoms with Crippen molar-refractivity contribution < 1.29 is 9.47 Å². The van der Waals surface area contributed by atoms with E-state index in [4.69, 9.17) is 9.47 Å². The quantitative estimate of drug-likeness (QED) is 0.379. The summed E-state index contributed by atoms with van der Waals surface area (Å²) in [5, 5.41) is 0. The van der Waals surface area contributed by atoms with Crippen LogP contribution >= 0.6 is 12.4 Å². The van der Waals surface area contributed by atoms with Gasteiger partial charge in [-0.1, -0.05) is 50.2 Å². The van der Waals surface area contributed by atoms with Gasteiger partial charge in [0.05, 0.1) is 13.2 Å². The molecular formula is C24H37ClN2O2. The van der Waals surface area contributed by atoms with Crippen LogP contribution in [0.5, 0.6) is 11.5 Å². The van der Waals surface area contributed by atoms with Crippen molar-refractivity contribution >= 4 is 12.4 Å². The molecule has 29 heavy (non-hydrogen) atoms. The van der Waals surface area contributed by atoms with Gasteiger partial charge < -0.3 is 19.3 Å². The van der Waals surface area contributed by atoms with Crippen LogP contribution in [0.15, 0.2) is 60.7 Å². The Labute approximate surface area is 183 Å². The summed E-state index contributed by atoms with van der Waals surface area (Å²) in [4.78, 5) is 5.02. The highest BCUT2D eigenvalue weighted by molar-refractivity contribution is 5.85. The molecule has 0 aromatic heterocycles. The second-order valence-electron chi connectivity index (χ2n) is 6.90. The van der Waals surface area contributed by atoms with E-state index in [2.05, 4.69) is 23.6 Å². The number of ether oxygens (including phenoxy) is 2. The third kappa shape index (κ3) is 11.1. The van der Waals surface area contributed by atoms with Crippen LogP contribution in [0.25, 0.3) is 0 Å². The lowest BCUT2D eigenvalue weighted by Crippen LogP contribution is -2.36. The van der Waals surface area contributed by atoms with Gasteiger partial charge in [-0.2, -0.15) is 0 Å². The van der Waals surface area contributed by atoms with E-state index in [-0.39, 0.29) is 12.4 Å². The van der Waals surface area contributed by atoms with Crippen molar-refractivity contribution in [3.63, 3.8) is 0 Å². The van der Waals surface area contributed by atoms with Crippen molar-refractivity contribution in [1.82, 2.24) is 9.80 Å².